The molecule has 5 nitrogen and oxygen atoms in total. The first kappa shape index (κ1) is 11.9. The van der Waals surface area contributed by atoms with Crippen LogP contribution in [0.25, 0.3) is 0 Å². The van der Waals surface area contributed by atoms with E-state index < -0.39 is 0 Å². The molecule has 0 spiro atoms. The summed E-state index contributed by atoms with van der Waals surface area (Å²) >= 11 is 0. The van der Waals surface area contributed by atoms with Crippen molar-refractivity contribution in [3.63, 3.8) is 0 Å². The highest BCUT2D eigenvalue weighted by Gasteiger charge is 2.32. The predicted molar refractivity (Wildman–Crippen MR) is 65.3 cm³/mol. The summed E-state index contributed by atoms with van der Waals surface area (Å²) in [4.78, 5) is 17.8. The van der Waals surface area contributed by atoms with Crippen molar-refractivity contribution >= 4 is 6.03 Å². The highest BCUT2D eigenvalue weighted by Crippen LogP contribution is 2.19. The molecule has 1 aromatic rings. The van der Waals surface area contributed by atoms with Crippen LogP contribution in [0.5, 0.6) is 0 Å². The van der Waals surface area contributed by atoms with Crippen molar-refractivity contribution < 1.29 is 4.79 Å². The third-order valence-corrected chi connectivity index (χ3v) is 2.63. The first-order chi connectivity index (χ1) is 7.96. The van der Waals surface area contributed by atoms with Crippen LogP contribution in [0.3, 0.4) is 0 Å². The van der Waals surface area contributed by atoms with Crippen molar-refractivity contribution in [1.29, 1.82) is 0 Å². The van der Waals surface area contributed by atoms with E-state index in [9.17, 15) is 4.79 Å². The molecule has 17 heavy (non-hydrogen) atoms. The Morgan fingerprint density at radius 1 is 1.59 bits per heavy atom. The summed E-state index contributed by atoms with van der Waals surface area (Å²) in [6.07, 6.45) is 1.73. The maximum atomic E-state index is 11.8. The molecule has 1 fully saturated rings. The molecule has 2 heterocycles. The van der Waals surface area contributed by atoms with Gasteiger partial charge >= 0.3 is 6.03 Å². The number of amides is 2. The number of hydrogen-bond donors (Lipinski definition) is 2. The van der Waals surface area contributed by atoms with E-state index in [4.69, 9.17) is 5.73 Å². The van der Waals surface area contributed by atoms with Crippen molar-refractivity contribution in [2.45, 2.75) is 25.4 Å². The van der Waals surface area contributed by atoms with Crippen molar-refractivity contribution in [2.24, 2.45) is 5.73 Å². The molecule has 0 radical (unpaired) electrons. The summed E-state index contributed by atoms with van der Waals surface area (Å²) in [5.41, 5.74) is 6.43. The summed E-state index contributed by atoms with van der Waals surface area (Å²) in [6.45, 7) is 4.99. The molecule has 92 valence electrons. The van der Waals surface area contributed by atoms with Crippen LogP contribution in [0, 0.1) is 0 Å². The van der Waals surface area contributed by atoms with E-state index in [-0.39, 0.29) is 17.6 Å². The van der Waals surface area contributed by atoms with Crippen LogP contribution in [0.1, 0.15) is 25.6 Å². The monoisotopic (exact) mass is 234 g/mol. The molecule has 1 atom stereocenters. The van der Waals surface area contributed by atoms with E-state index in [0.29, 0.717) is 13.1 Å². The summed E-state index contributed by atoms with van der Waals surface area (Å²) in [5.74, 6) is 0. The normalized spacial score (nSPS) is 20.5. The molecule has 3 N–H and O–H groups in total. The first-order valence-corrected chi connectivity index (χ1v) is 5.71. The van der Waals surface area contributed by atoms with Crippen molar-refractivity contribution in [2.75, 3.05) is 13.1 Å². The van der Waals surface area contributed by atoms with E-state index in [1.165, 1.54) is 0 Å². The Labute approximate surface area is 101 Å². The van der Waals surface area contributed by atoms with Crippen molar-refractivity contribution in [1.82, 2.24) is 15.2 Å². The molecule has 5 heteroatoms. The summed E-state index contributed by atoms with van der Waals surface area (Å²) in [7, 11) is 0. The second-order valence-corrected chi connectivity index (χ2v) is 5.13. The van der Waals surface area contributed by atoms with Crippen molar-refractivity contribution in [3.8, 4) is 0 Å². The maximum Gasteiger partial charge on any atom is 0.318 e. The highest BCUT2D eigenvalue weighted by atomic mass is 16.2. The molecular formula is C12H18N4O. The van der Waals surface area contributed by atoms with E-state index in [1.54, 1.807) is 11.1 Å². The number of rotatable bonds is 3. The van der Waals surface area contributed by atoms with Gasteiger partial charge in [0.05, 0.1) is 11.7 Å². The number of pyridine rings is 1. The largest absolute Gasteiger partial charge is 0.328 e. The van der Waals surface area contributed by atoms with Gasteiger partial charge in [-0.05, 0) is 26.0 Å². The van der Waals surface area contributed by atoms with Gasteiger partial charge in [0.15, 0.2) is 0 Å². The Morgan fingerprint density at radius 3 is 2.94 bits per heavy atom. The van der Waals surface area contributed by atoms with E-state index in [2.05, 4.69) is 10.3 Å². The van der Waals surface area contributed by atoms with Gasteiger partial charge < -0.3 is 16.0 Å². The Morgan fingerprint density at radius 2 is 2.35 bits per heavy atom. The third kappa shape index (κ3) is 2.94. The zero-order valence-electron chi connectivity index (χ0n) is 10.2. The van der Waals surface area contributed by atoms with Crippen LogP contribution in [-0.2, 0) is 0 Å². The van der Waals surface area contributed by atoms with Crippen LogP contribution in [0.2, 0.25) is 0 Å². The average molecular weight is 234 g/mol. The van der Waals surface area contributed by atoms with E-state index in [0.717, 1.165) is 5.69 Å². The molecule has 0 bridgehead atoms. The number of nitrogens with two attached hydrogens (primary N) is 1. The standard InChI is InChI=1S/C12H18N4O/c1-12(2,13)8-16-7-10(15-11(16)17)9-5-3-4-6-14-9/h3-6,10H,7-8,13H2,1-2H3,(H,15,17). The van der Waals surface area contributed by atoms with Gasteiger partial charge in [0.25, 0.3) is 0 Å². The zero-order valence-corrected chi connectivity index (χ0v) is 10.2. The van der Waals surface area contributed by atoms with Crippen LogP contribution in [-0.4, -0.2) is 34.5 Å². The highest BCUT2D eigenvalue weighted by molar-refractivity contribution is 5.77. The number of nitrogens with one attached hydrogen (secondary N) is 1. The summed E-state index contributed by atoms with van der Waals surface area (Å²) in [6, 6.07) is 5.60. The smallest absolute Gasteiger partial charge is 0.318 e. The number of carbonyl (C=O) groups is 1. The molecular weight excluding hydrogens is 216 g/mol. The molecule has 0 aromatic carbocycles. The lowest BCUT2D eigenvalue weighted by Crippen LogP contribution is -2.46. The van der Waals surface area contributed by atoms with E-state index in [1.807, 2.05) is 32.0 Å². The number of nitrogens with zero attached hydrogens (tertiary/aromatic N) is 2. The molecule has 2 rings (SSSR count). The minimum Gasteiger partial charge on any atom is -0.328 e. The SMILES string of the molecule is CC(C)(N)CN1CC(c2ccccn2)NC1=O. The van der Waals surface area contributed by atoms with Gasteiger partial charge in [0, 0.05) is 24.8 Å². The van der Waals surface area contributed by atoms with Gasteiger partial charge in [-0.25, -0.2) is 4.79 Å². The third-order valence-electron chi connectivity index (χ3n) is 2.63. The van der Waals surface area contributed by atoms with Gasteiger partial charge in [-0.1, -0.05) is 6.07 Å². The number of hydrogen-bond acceptors (Lipinski definition) is 3. The Kier molecular flexibility index (Phi) is 3.02. The molecule has 1 unspecified atom stereocenters. The van der Waals surface area contributed by atoms with Crippen LogP contribution in [0.15, 0.2) is 24.4 Å². The Bertz CT molecular complexity index is 399. The van der Waals surface area contributed by atoms with Gasteiger partial charge in [-0.2, -0.15) is 0 Å². The predicted octanol–water partition coefficient (Wildman–Crippen LogP) is 0.885. The fourth-order valence-electron chi connectivity index (χ4n) is 1.97. The second-order valence-electron chi connectivity index (χ2n) is 5.13. The second kappa shape index (κ2) is 4.33. The van der Waals surface area contributed by atoms with Crippen molar-refractivity contribution in [3.05, 3.63) is 30.1 Å². The molecule has 1 saturated heterocycles. The molecule has 0 saturated carbocycles. The van der Waals surface area contributed by atoms with Crippen LogP contribution >= 0.6 is 0 Å². The zero-order chi connectivity index (χ0) is 12.5. The van der Waals surface area contributed by atoms with Gasteiger partial charge in [-0.3, -0.25) is 4.98 Å². The molecule has 1 aliphatic heterocycles. The Hall–Kier alpha value is -1.62. The Balaban J connectivity index is 2.05. The molecule has 1 aromatic heterocycles. The number of carbonyl (C=O) groups excluding carboxylic acids is 1. The lowest BCUT2D eigenvalue weighted by Gasteiger charge is -2.25. The lowest BCUT2D eigenvalue weighted by molar-refractivity contribution is 0.207. The van der Waals surface area contributed by atoms with Gasteiger partial charge in [0.2, 0.25) is 0 Å². The van der Waals surface area contributed by atoms with Gasteiger partial charge in [-0.15, -0.1) is 0 Å². The summed E-state index contributed by atoms with van der Waals surface area (Å²) < 4.78 is 0. The summed E-state index contributed by atoms with van der Waals surface area (Å²) in [5, 5.41) is 2.91. The first-order valence-electron chi connectivity index (χ1n) is 5.71. The van der Waals surface area contributed by atoms with Gasteiger partial charge in [0.1, 0.15) is 0 Å². The number of urea groups is 1. The van der Waals surface area contributed by atoms with E-state index >= 15 is 0 Å². The minimum atomic E-state index is -0.379. The van der Waals surface area contributed by atoms with Crippen LogP contribution in [0.4, 0.5) is 4.79 Å². The minimum absolute atomic E-state index is 0.0361. The maximum absolute atomic E-state index is 11.8. The molecule has 0 aliphatic carbocycles. The average Bonchev–Trinajstić information content (AvgIpc) is 2.59. The lowest BCUT2D eigenvalue weighted by atomic mass is 10.1. The fraction of sp³-hybridized carbons (Fsp3) is 0.500. The molecule has 2 amide bonds. The number of aromatic nitrogens is 1. The van der Waals surface area contributed by atoms with Crippen LogP contribution < -0.4 is 11.1 Å². The fourth-order valence-corrected chi connectivity index (χ4v) is 1.97. The molecule has 1 aliphatic rings. The quantitative estimate of drug-likeness (QED) is 0.815. The topological polar surface area (TPSA) is 71.2 Å².